The monoisotopic (exact) mass is 305 g/mol. The van der Waals surface area contributed by atoms with E-state index in [0.717, 1.165) is 23.4 Å². The van der Waals surface area contributed by atoms with Crippen LogP contribution in [0.5, 0.6) is 0 Å². The molecule has 1 atom stereocenters. The molecule has 4 nitrogen and oxygen atoms in total. The van der Waals surface area contributed by atoms with Crippen molar-refractivity contribution in [3.63, 3.8) is 0 Å². The van der Waals surface area contributed by atoms with Gasteiger partial charge in [-0.2, -0.15) is 0 Å². The lowest BCUT2D eigenvalue weighted by molar-refractivity contribution is 0.567. The Morgan fingerprint density at radius 3 is 3.05 bits per heavy atom. The van der Waals surface area contributed by atoms with Gasteiger partial charge in [0, 0.05) is 6.20 Å². The predicted molar refractivity (Wildman–Crippen MR) is 81.0 cm³/mol. The van der Waals surface area contributed by atoms with Gasteiger partial charge in [-0.05, 0) is 54.5 Å². The van der Waals surface area contributed by atoms with E-state index in [2.05, 4.69) is 14.5 Å². The average Bonchev–Trinajstić information content (AvgIpc) is 3.15. The van der Waals surface area contributed by atoms with E-state index in [0.29, 0.717) is 16.4 Å². The highest BCUT2D eigenvalue weighted by Gasteiger charge is 2.25. The summed E-state index contributed by atoms with van der Waals surface area (Å²) in [5.74, 6) is 2.68. The molecule has 102 valence electrons. The lowest BCUT2D eigenvalue weighted by Crippen LogP contribution is -2.04. The van der Waals surface area contributed by atoms with Gasteiger partial charge in [-0.15, -0.1) is 11.8 Å². The largest absolute Gasteiger partial charge is 0.441 e. The van der Waals surface area contributed by atoms with Crippen LogP contribution in [0.1, 0.15) is 18.2 Å². The number of rotatable bonds is 2. The van der Waals surface area contributed by atoms with Gasteiger partial charge in [0.15, 0.2) is 22.5 Å². The summed E-state index contributed by atoms with van der Waals surface area (Å²) in [6.45, 7) is 0. The van der Waals surface area contributed by atoms with Crippen LogP contribution in [-0.4, -0.2) is 20.3 Å². The van der Waals surface area contributed by atoms with Crippen molar-refractivity contribution in [1.29, 1.82) is 0 Å². The van der Waals surface area contributed by atoms with Crippen LogP contribution in [0.2, 0.25) is 5.22 Å². The lowest BCUT2D eigenvalue weighted by atomic mass is 10.3. The molecule has 20 heavy (non-hydrogen) atoms. The van der Waals surface area contributed by atoms with E-state index in [1.807, 2.05) is 30.0 Å². The molecule has 1 fully saturated rings. The van der Waals surface area contributed by atoms with Gasteiger partial charge in [0.05, 0.1) is 5.37 Å². The SMILES string of the molecule is Clc1ccc(-c2nc3cccnc3n2C2CCCS2)o1. The van der Waals surface area contributed by atoms with Crippen LogP contribution in [0.3, 0.4) is 0 Å². The number of fused-ring (bicyclic) bond motifs is 1. The average molecular weight is 306 g/mol. The summed E-state index contributed by atoms with van der Waals surface area (Å²) in [6, 6.07) is 7.49. The molecular formula is C14H12ClN3OS. The molecule has 0 bridgehead atoms. The van der Waals surface area contributed by atoms with Gasteiger partial charge < -0.3 is 4.42 Å². The Morgan fingerprint density at radius 1 is 1.35 bits per heavy atom. The summed E-state index contributed by atoms with van der Waals surface area (Å²) in [6.07, 6.45) is 4.16. The number of thioether (sulfide) groups is 1. The second-order valence-electron chi connectivity index (χ2n) is 4.72. The van der Waals surface area contributed by atoms with Crippen molar-refractivity contribution in [2.75, 3.05) is 5.75 Å². The van der Waals surface area contributed by atoms with Gasteiger partial charge in [0.25, 0.3) is 0 Å². The Kier molecular flexibility index (Phi) is 2.97. The molecule has 0 aliphatic carbocycles. The van der Waals surface area contributed by atoms with Gasteiger partial charge >= 0.3 is 0 Å². The fraction of sp³-hybridized carbons (Fsp3) is 0.286. The molecule has 4 heterocycles. The quantitative estimate of drug-likeness (QED) is 0.705. The molecule has 1 saturated heterocycles. The third-order valence-corrected chi connectivity index (χ3v) is 4.99. The summed E-state index contributed by atoms with van der Waals surface area (Å²) >= 11 is 7.84. The Bertz CT molecular complexity index is 761. The highest BCUT2D eigenvalue weighted by Crippen LogP contribution is 2.40. The molecule has 0 saturated carbocycles. The van der Waals surface area contributed by atoms with Crippen molar-refractivity contribution >= 4 is 34.5 Å². The fourth-order valence-electron chi connectivity index (χ4n) is 2.57. The van der Waals surface area contributed by atoms with Crippen molar-refractivity contribution in [2.24, 2.45) is 0 Å². The maximum atomic E-state index is 5.90. The van der Waals surface area contributed by atoms with E-state index in [-0.39, 0.29) is 0 Å². The molecule has 3 aromatic heterocycles. The van der Waals surface area contributed by atoms with Crippen molar-refractivity contribution in [3.8, 4) is 11.6 Å². The molecule has 0 amide bonds. The summed E-state index contributed by atoms with van der Waals surface area (Å²) in [7, 11) is 0. The first-order valence-electron chi connectivity index (χ1n) is 6.53. The first kappa shape index (κ1) is 12.3. The minimum atomic E-state index is 0.369. The standard InChI is InChI=1S/C14H12ClN3OS/c15-11-6-5-10(19-11)14-17-9-3-1-7-16-13(9)18(14)12-4-2-8-20-12/h1,3,5-7,12H,2,4,8H2. The van der Waals surface area contributed by atoms with Gasteiger partial charge in [0.2, 0.25) is 0 Å². The predicted octanol–water partition coefficient (Wildman–Crippen LogP) is 4.37. The van der Waals surface area contributed by atoms with E-state index >= 15 is 0 Å². The van der Waals surface area contributed by atoms with Crippen LogP contribution in [0.15, 0.2) is 34.9 Å². The number of imidazole rings is 1. The Hall–Kier alpha value is -1.46. The maximum Gasteiger partial charge on any atom is 0.194 e. The zero-order valence-corrected chi connectivity index (χ0v) is 12.2. The molecule has 1 unspecified atom stereocenters. The van der Waals surface area contributed by atoms with Gasteiger partial charge in [0.1, 0.15) is 5.52 Å². The Labute approximate surface area is 125 Å². The van der Waals surface area contributed by atoms with Gasteiger partial charge in [-0.1, -0.05) is 0 Å². The molecule has 3 aromatic rings. The van der Waals surface area contributed by atoms with Gasteiger partial charge in [-0.3, -0.25) is 4.57 Å². The van der Waals surface area contributed by atoms with E-state index in [4.69, 9.17) is 16.0 Å². The number of halogens is 1. The van der Waals surface area contributed by atoms with E-state index in [1.165, 1.54) is 12.2 Å². The van der Waals surface area contributed by atoms with Crippen LogP contribution < -0.4 is 0 Å². The minimum Gasteiger partial charge on any atom is -0.441 e. The molecule has 6 heteroatoms. The molecule has 0 spiro atoms. The third-order valence-electron chi connectivity index (χ3n) is 3.44. The molecule has 0 aromatic carbocycles. The van der Waals surface area contributed by atoms with E-state index in [1.54, 1.807) is 12.3 Å². The zero-order valence-electron chi connectivity index (χ0n) is 10.6. The van der Waals surface area contributed by atoms with Gasteiger partial charge in [-0.25, -0.2) is 9.97 Å². The number of nitrogens with zero attached hydrogens (tertiary/aromatic N) is 3. The number of aromatic nitrogens is 3. The molecule has 1 aliphatic heterocycles. The minimum absolute atomic E-state index is 0.369. The molecule has 4 rings (SSSR count). The van der Waals surface area contributed by atoms with Crippen LogP contribution in [0, 0.1) is 0 Å². The Morgan fingerprint density at radius 2 is 2.30 bits per heavy atom. The third kappa shape index (κ3) is 1.93. The van der Waals surface area contributed by atoms with Crippen molar-refractivity contribution in [3.05, 3.63) is 35.7 Å². The number of hydrogen-bond donors (Lipinski definition) is 0. The summed E-state index contributed by atoms with van der Waals surface area (Å²) in [5, 5.41) is 0.749. The maximum absolute atomic E-state index is 5.90. The molecular weight excluding hydrogens is 294 g/mol. The molecule has 1 aliphatic rings. The number of hydrogen-bond acceptors (Lipinski definition) is 4. The Balaban J connectivity index is 1.96. The van der Waals surface area contributed by atoms with Crippen LogP contribution >= 0.6 is 23.4 Å². The van der Waals surface area contributed by atoms with E-state index in [9.17, 15) is 0 Å². The van der Waals surface area contributed by atoms with Crippen LogP contribution in [0.4, 0.5) is 0 Å². The smallest absolute Gasteiger partial charge is 0.194 e. The highest BCUT2D eigenvalue weighted by molar-refractivity contribution is 7.99. The number of furan rings is 1. The fourth-order valence-corrected chi connectivity index (χ4v) is 4.01. The lowest BCUT2D eigenvalue weighted by Gasteiger charge is -2.13. The summed E-state index contributed by atoms with van der Waals surface area (Å²) in [5.41, 5.74) is 1.80. The second-order valence-corrected chi connectivity index (χ2v) is 6.38. The highest BCUT2D eigenvalue weighted by atomic mass is 35.5. The first-order valence-corrected chi connectivity index (χ1v) is 7.96. The van der Waals surface area contributed by atoms with Crippen molar-refractivity contribution in [1.82, 2.24) is 14.5 Å². The van der Waals surface area contributed by atoms with Crippen molar-refractivity contribution in [2.45, 2.75) is 18.2 Å². The normalized spacial score (nSPS) is 18.9. The second kappa shape index (κ2) is 4.82. The van der Waals surface area contributed by atoms with Crippen molar-refractivity contribution < 1.29 is 4.42 Å². The topological polar surface area (TPSA) is 43.9 Å². The molecule has 0 N–H and O–H groups in total. The van der Waals surface area contributed by atoms with E-state index < -0.39 is 0 Å². The number of pyridine rings is 1. The first-order chi connectivity index (χ1) is 9.83. The zero-order chi connectivity index (χ0) is 13.5. The van der Waals surface area contributed by atoms with Crippen LogP contribution in [-0.2, 0) is 0 Å². The summed E-state index contributed by atoms with van der Waals surface area (Å²) in [4.78, 5) is 9.17. The summed E-state index contributed by atoms with van der Waals surface area (Å²) < 4.78 is 7.73. The molecule has 0 radical (unpaired) electrons. The van der Waals surface area contributed by atoms with Crippen LogP contribution in [0.25, 0.3) is 22.7 Å².